The van der Waals surface area contributed by atoms with Crippen LogP contribution in [0.3, 0.4) is 0 Å². The van der Waals surface area contributed by atoms with Crippen molar-refractivity contribution in [3.8, 4) is 5.75 Å². The molecule has 1 fully saturated rings. The van der Waals surface area contributed by atoms with Crippen molar-refractivity contribution < 1.29 is 9.30 Å². The molecule has 1 aliphatic heterocycles. The third-order valence-corrected chi connectivity index (χ3v) is 8.86. The molecule has 0 amide bonds. The lowest BCUT2D eigenvalue weighted by molar-refractivity contribution is 0.209. The Morgan fingerprint density at radius 1 is 1.05 bits per heavy atom. The third kappa shape index (κ3) is 5.57. The first-order chi connectivity index (χ1) is 18.2. The molecule has 2 N–H and O–H groups in total. The number of methoxy groups -OCH3 is 1. The van der Waals surface area contributed by atoms with E-state index in [2.05, 4.69) is 46.1 Å². The lowest BCUT2D eigenvalue weighted by atomic mass is 10.1. The van der Waals surface area contributed by atoms with Crippen molar-refractivity contribution in [2.75, 3.05) is 56.8 Å². The molecule has 5 rings (SSSR count). The number of aromatic amines is 1. The molecule has 0 atom stereocenters. The molecule has 9 heteroatoms. The van der Waals surface area contributed by atoms with Crippen LogP contribution in [0.4, 0.5) is 17.3 Å². The minimum Gasteiger partial charge on any atom is -0.494 e. The molecule has 3 heterocycles. The standard InChI is InChI=1S/C29H37N6O2P/c1-20(2)34-14-16-35(17-15-34)22-10-11-24(26(19-22)37-3)31-29-32-25(23-12-13-30-28(23)33-29)18-21-8-6-7-9-27(21)38(4,5)36/h6-13,19-20H,14-18H2,1-5H3,(H2,30,31,32,33). The van der Waals surface area contributed by atoms with E-state index in [4.69, 9.17) is 14.7 Å². The topological polar surface area (TPSA) is 86.4 Å². The van der Waals surface area contributed by atoms with Crippen molar-refractivity contribution >= 4 is 40.8 Å². The Morgan fingerprint density at radius 3 is 2.53 bits per heavy atom. The highest BCUT2D eigenvalue weighted by atomic mass is 31.2. The van der Waals surface area contributed by atoms with Crippen LogP contribution in [-0.4, -0.2) is 72.5 Å². The largest absolute Gasteiger partial charge is 0.494 e. The highest BCUT2D eigenvalue weighted by Crippen LogP contribution is 2.37. The lowest BCUT2D eigenvalue weighted by Gasteiger charge is -2.38. The number of aromatic nitrogens is 3. The molecule has 0 saturated carbocycles. The number of piperazine rings is 1. The van der Waals surface area contributed by atoms with Gasteiger partial charge in [-0.1, -0.05) is 24.3 Å². The molecule has 200 valence electrons. The summed E-state index contributed by atoms with van der Waals surface area (Å²) in [4.78, 5) is 17.7. The molecular weight excluding hydrogens is 495 g/mol. The molecule has 0 aliphatic carbocycles. The summed E-state index contributed by atoms with van der Waals surface area (Å²) in [7, 11) is -0.744. The second-order valence-electron chi connectivity index (χ2n) is 10.5. The molecule has 4 aromatic rings. The van der Waals surface area contributed by atoms with Gasteiger partial charge in [0.15, 0.2) is 0 Å². The average molecular weight is 533 g/mol. The van der Waals surface area contributed by atoms with Gasteiger partial charge in [-0.15, -0.1) is 0 Å². The summed E-state index contributed by atoms with van der Waals surface area (Å²) >= 11 is 0. The maximum Gasteiger partial charge on any atom is 0.229 e. The SMILES string of the molecule is COc1cc(N2CCN(C(C)C)CC2)ccc1Nc1nc(Cc2ccccc2P(C)(C)=O)c2cc[nH]c2n1. The Hall–Kier alpha value is -3.35. The number of fused-ring (bicyclic) bond motifs is 1. The van der Waals surface area contributed by atoms with Gasteiger partial charge in [0, 0.05) is 67.3 Å². The van der Waals surface area contributed by atoms with E-state index in [-0.39, 0.29) is 0 Å². The number of hydrogen-bond acceptors (Lipinski definition) is 7. The van der Waals surface area contributed by atoms with E-state index in [1.54, 1.807) is 7.11 Å². The number of rotatable bonds is 8. The van der Waals surface area contributed by atoms with Gasteiger partial charge in [-0.3, -0.25) is 4.90 Å². The van der Waals surface area contributed by atoms with Gasteiger partial charge < -0.3 is 24.5 Å². The summed E-state index contributed by atoms with van der Waals surface area (Å²) in [5.74, 6) is 1.23. The average Bonchev–Trinajstić information content (AvgIpc) is 3.38. The lowest BCUT2D eigenvalue weighted by Crippen LogP contribution is -2.48. The maximum absolute atomic E-state index is 12.9. The summed E-state index contributed by atoms with van der Waals surface area (Å²) in [6.45, 7) is 12.2. The Balaban J connectivity index is 1.42. The van der Waals surface area contributed by atoms with Gasteiger partial charge in [-0.2, -0.15) is 4.98 Å². The van der Waals surface area contributed by atoms with Crippen molar-refractivity contribution in [3.63, 3.8) is 0 Å². The Morgan fingerprint density at radius 2 is 1.82 bits per heavy atom. The van der Waals surface area contributed by atoms with E-state index in [0.717, 1.165) is 70.9 Å². The normalized spacial score (nSPS) is 14.8. The minimum absolute atomic E-state index is 0.486. The molecular formula is C29H37N6O2P. The highest BCUT2D eigenvalue weighted by Gasteiger charge is 2.21. The first-order valence-corrected chi connectivity index (χ1v) is 15.7. The molecule has 1 aliphatic rings. The first kappa shape index (κ1) is 26.3. The van der Waals surface area contributed by atoms with E-state index in [1.165, 1.54) is 0 Å². The zero-order chi connectivity index (χ0) is 26.9. The predicted molar refractivity (Wildman–Crippen MR) is 157 cm³/mol. The van der Waals surface area contributed by atoms with Gasteiger partial charge in [0.1, 0.15) is 18.5 Å². The van der Waals surface area contributed by atoms with Crippen molar-refractivity contribution in [1.82, 2.24) is 19.9 Å². The number of benzene rings is 2. The van der Waals surface area contributed by atoms with E-state index in [0.29, 0.717) is 18.4 Å². The van der Waals surface area contributed by atoms with E-state index >= 15 is 0 Å². The molecule has 1 saturated heterocycles. The van der Waals surface area contributed by atoms with Crippen LogP contribution in [0.5, 0.6) is 5.75 Å². The predicted octanol–water partition coefficient (Wildman–Crippen LogP) is 5.08. The fourth-order valence-electron chi connectivity index (χ4n) is 5.16. The highest BCUT2D eigenvalue weighted by molar-refractivity contribution is 7.70. The quantitative estimate of drug-likeness (QED) is 0.306. The second-order valence-corrected chi connectivity index (χ2v) is 13.7. The van der Waals surface area contributed by atoms with E-state index in [1.807, 2.05) is 55.9 Å². The summed E-state index contributed by atoms with van der Waals surface area (Å²) in [5, 5.41) is 5.23. The van der Waals surface area contributed by atoms with Gasteiger partial charge in [0.05, 0.1) is 18.5 Å². The van der Waals surface area contributed by atoms with Crippen LogP contribution in [0, 0.1) is 0 Å². The van der Waals surface area contributed by atoms with Crippen LogP contribution < -0.4 is 20.3 Å². The van der Waals surface area contributed by atoms with E-state index in [9.17, 15) is 4.57 Å². The Bertz CT molecular complexity index is 1470. The van der Waals surface area contributed by atoms with Gasteiger partial charge >= 0.3 is 0 Å². The number of nitrogens with zero attached hydrogens (tertiary/aromatic N) is 4. The summed E-state index contributed by atoms with van der Waals surface area (Å²) in [5.41, 5.74) is 4.61. The zero-order valence-corrected chi connectivity index (χ0v) is 23.8. The van der Waals surface area contributed by atoms with E-state index < -0.39 is 7.14 Å². The molecule has 0 spiro atoms. The van der Waals surface area contributed by atoms with Crippen LogP contribution in [0.15, 0.2) is 54.7 Å². The molecule has 0 unspecified atom stereocenters. The Kier molecular flexibility index (Phi) is 7.46. The Labute approximate surface area is 224 Å². The fourth-order valence-corrected chi connectivity index (χ4v) is 6.45. The number of anilines is 3. The molecule has 0 radical (unpaired) electrons. The number of nitrogens with one attached hydrogen (secondary N) is 2. The zero-order valence-electron chi connectivity index (χ0n) is 22.9. The molecule has 38 heavy (non-hydrogen) atoms. The van der Waals surface area contributed by atoms with Crippen molar-refractivity contribution in [2.45, 2.75) is 26.3 Å². The number of H-pyrrole nitrogens is 1. The van der Waals surface area contributed by atoms with Crippen LogP contribution >= 0.6 is 7.14 Å². The minimum atomic E-state index is -2.43. The maximum atomic E-state index is 12.9. The van der Waals surface area contributed by atoms with Crippen molar-refractivity contribution in [1.29, 1.82) is 0 Å². The van der Waals surface area contributed by atoms with Gasteiger partial charge in [0.2, 0.25) is 5.95 Å². The molecule has 2 aromatic carbocycles. The smallest absolute Gasteiger partial charge is 0.229 e. The van der Waals surface area contributed by atoms with Gasteiger partial charge in [-0.25, -0.2) is 4.98 Å². The van der Waals surface area contributed by atoms with Crippen LogP contribution in [0.2, 0.25) is 0 Å². The van der Waals surface area contributed by atoms with Gasteiger partial charge in [-0.05, 0) is 50.9 Å². The molecule has 0 bridgehead atoms. The summed E-state index contributed by atoms with van der Waals surface area (Å²) in [6, 6.07) is 16.7. The van der Waals surface area contributed by atoms with Crippen LogP contribution in [0.1, 0.15) is 25.1 Å². The summed E-state index contributed by atoms with van der Waals surface area (Å²) in [6.07, 6.45) is 2.43. The van der Waals surface area contributed by atoms with Crippen molar-refractivity contribution in [3.05, 3.63) is 66.0 Å². The van der Waals surface area contributed by atoms with Gasteiger partial charge in [0.25, 0.3) is 0 Å². The molecule has 2 aromatic heterocycles. The monoisotopic (exact) mass is 532 g/mol. The second kappa shape index (κ2) is 10.8. The van der Waals surface area contributed by atoms with Crippen LogP contribution in [-0.2, 0) is 11.0 Å². The number of hydrogen-bond donors (Lipinski definition) is 2. The number of ether oxygens (including phenoxy) is 1. The van der Waals surface area contributed by atoms with Crippen LogP contribution in [0.25, 0.3) is 11.0 Å². The van der Waals surface area contributed by atoms with Crippen molar-refractivity contribution in [2.24, 2.45) is 0 Å². The fraction of sp³-hybridized carbons (Fsp3) is 0.379. The summed E-state index contributed by atoms with van der Waals surface area (Å²) < 4.78 is 18.7. The molecule has 8 nitrogen and oxygen atoms in total. The third-order valence-electron chi connectivity index (χ3n) is 7.27. The first-order valence-electron chi connectivity index (χ1n) is 13.1.